The van der Waals surface area contributed by atoms with Gasteiger partial charge in [-0.3, -0.25) is 0 Å². The lowest BCUT2D eigenvalue weighted by atomic mass is 10.3. The molecule has 124 valence electrons. The van der Waals surface area contributed by atoms with E-state index in [1.807, 2.05) is 25.1 Å². The second-order valence-electron chi connectivity index (χ2n) is 4.73. The van der Waals surface area contributed by atoms with Gasteiger partial charge in [-0.05, 0) is 44.2 Å². The summed E-state index contributed by atoms with van der Waals surface area (Å²) in [6, 6.07) is 8.99. The Bertz CT molecular complexity index is 848. The van der Waals surface area contributed by atoms with E-state index in [-0.39, 0.29) is 5.69 Å². The summed E-state index contributed by atoms with van der Waals surface area (Å²) < 4.78 is 11.4. The third-order valence-corrected chi connectivity index (χ3v) is 3.99. The van der Waals surface area contributed by atoms with Crippen LogP contribution in [0.5, 0.6) is 5.75 Å². The number of hydrogen-bond donors (Lipinski definition) is 1. The minimum absolute atomic E-state index is 0.174. The maximum Gasteiger partial charge on any atom is 0.358 e. The van der Waals surface area contributed by atoms with Crippen LogP contribution in [0.25, 0.3) is 10.2 Å². The van der Waals surface area contributed by atoms with E-state index in [0.29, 0.717) is 24.2 Å². The number of anilines is 2. The Labute approximate surface area is 142 Å². The highest BCUT2D eigenvalue weighted by Gasteiger charge is 2.10. The molecule has 0 aliphatic heterocycles. The molecule has 0 aliphatic carbocycles. The number of hydrogen-bond acceptors (Lipinski definition) is 8. The predicted molar refractivity (Wildman–Crippen MR) is 92.1 cm³/mol. The first-order chi connectivity index (χ1) is 11.7. The fourth-order valence-corrected chi connectivity index (χ4v) is 2.94. The van der Waals surface area contributed by atoms with Crippen molar-refractivity contribution in [3.05, 3.63) is 36.0 Å². The summed E-state index contributed by atoms with van der Waals surface area (Å²) in [5.74, 6) is 0.839. The number of nitrogens with zero attached hydrogens (tertiary/aromatic N) is 3. The standard InChI is InChI=1S/C16H16N4O3S/c1-3-22-10-5-6-11-13(9-10)24-16(17-11)18-14-8-7-12(19-20-14)15(21)23-4-2/h5-9H,3-4H2,1-2H3,(H,17,18,20). The molecule has 0 aliphatic rings. The highest BCUT2D eigenvalue weighted by atomic mass is 32.1. The third kappa shape index (κ3) is 3.60. The summed E-state index contributed by atoms with van der Waals surface area (Å²) in [7, 11) is 0. The lowest BCUT2D eigenvalue weighted by Crippen LogP contribution is -2.08. The molecule has 0 bridgehead atoms. The topological polar surface area (TPSA) is 86.2 Å². The summed E-state index contributed by atoms with van der Waals surface area (Å²) in [6.45, 7) is 4.61. The van der Waals surface area contributed by atoms with Crippen LogP contribution >= 0.6 is 11.3 Å². The maximum absolute atomic E-state index is 11.5. The van der Waals surface area contributed by atoms with Crippen LogP contribution in [0.1, 0.15) is 24.3 Å². The van der Waals surface area contributed by atoms with E-state index in [1.165, 1.54) is 11.3 Å². The van der Waals surface area contributed by atoms with Gasteiger partial charge in [0.15, 0.2) is 16.6 Å². The first-order valence-electron chi connectivity index (χ1n) is 7.51. The zero-order chi connectivity index (χ0) is 16.9. The van der Waals surface area contributed by atoms with Crippen LogP contribution in [0.15, 0.2) is 30.3 Å². The smallest absolute Gasteiger partial charge is 0.358 e. The fraction of sp³-hybridized carbons (Fsp3) is 0.250. The van der Waals surface area contributed by atoms with Gasteiger partial charge in [-0.1, -0.05) is 11.3 Å². The molecule has 0 amide bonds. The molecule has 3 rings (SSSR count). The number of fused-ring (bicyclic) bond motifs is 1. The van der Waals surface area contributed by atoms with Crippen molar-refractivity contribution in [3.8, 4) is 5.75 Å². The van der Waals surface area contributed by atoms with E-state index in [2.05, 4.69) is 20.5 Å². The minimum Gasteiger partial charge on any atom is -0.494 e. The molecule has 24 heavy (non-hydrogen) atoms. The van der Waals surface area contributed by atoms with E-state index in [1.54, 1.807) is 19.1 Å². The van der Waals surface area contributed by atoms with Crippen molar-refractivity contribution in [2.24, 2.45) is 0 Å². The van der Waals surface area contributed by atoms with Crippen LogP contribution < -0.4 is 10.1 Å². The molecule has 1 N–H and O–H groups in total. The maximum atomic E-state index is 11.5. The largest absolute Gasteiger partial charge is 0.494 e. The average molecular weight is 344 g/mol. The molecule has 0 saturated heterocycles. The molecular formula is C16H16N4O3S. The number of aromatic nitrogens is 3. The van der Waals surface area contributed by atoms with Crippen LogP contribution in [-0.4, -0.2) is 34.4 Å². The van der Waals surface area contributed by atoms with E-state index in [9.17, 15) is 4.79 Å². The quantitative estimate of drug-likeness (QED) is 0.686. The van der Waals surface area contributed by atoms with Crippen molar-refractivity contribution in [3.63, 3.8) is 0 Å². The Kier molecular flexibility index (Phi) is 4.85. The van der Waals surface area contributed by atoms with Crippen LogP contribution in [0.4, 0.5) is 10.9 Å². The second-order valence-corrected chi connectivity index (χ2v) is 5.76. The van der Waals surface area contributed by atoms with Gasteiger partial charge < -0.3 is 14.8 Å². The van der Waals surface area contributed by atoms with Gasteiger partial charge >= 0.3 is 5.97 Å². The van der Waals surface area contributed by atoms with Crippen molar-refractivity contribution in [2.45, 2.75) is 13.8 Å². The number of rotatable bonds is 6. The van der Waals surface area contributed by atoms with Gasteiger partial charge in [-0.25, -0.2) is 9.78 Å². The molecule has 0 unspecified atom stereocenters. The van der Waals surface area contributed by atoms with E-state index in [4.69, 9.17) is 9.47 Å². The SMILES string of the molecule is CCOC(=O)c1ccc(Nc2nc3ccc(OCC)cc3s2)nn1. The van der Waals surface area contributed by atoms with Crippen LogP contribution in [-0.2, 0) is 4.74 Å². The molecule has 7 nitrogen and oxygen atoms in total. The molecule has 0 spiro atoms. The highest BCUT2D eigenvalue weighted by Crippen LogP contribution is 2.30. The van der Waals surface area contributed by atoms with Gasteiger partial charge in [0.1, 0.15) is 5.75 Å². The number of carbonyl (C=O) groups is 1. The van der Waals surface area contributed by atoms with Crippen molar-refractivity contribution in [2.75, 3.05) is 18.5 Å². The zero-order valence-corrected chi connectivity index (χ0v) is 14.1. The van der Waals surface area contributed by atoms with Gasteiger partial charge in [0.2, 0.25) is 0 Å². The van der Waals surface area contributed by atoms with Gasteiger partial charge in [0.25, 0.3) is 0 Å². The number of benzene rings is 1. The molecule has 0 saturated carbocycles. The Hall–Kier alpha value is -2.74. The molecular weight excluding hydrogens is 328 g/mol. The van der Waals surface area contributed by atoms with Crippen molar-refractivity contribution in [1.82, 2.24) is 15.2 Å². The minimum atomic E-state index is -0.486. The third-order valence-electron chi connectivity index (χ3n) is 3.06. The van der Waals surface area contributed by atoms with Gasteiger partial charge in [-0.2, -0.15) is 0 Å². The molecule has 8 heteroatoms. The molecule has 0 fully saturated rings. The monoisotopic (exact) mass is 344 g/mol. The van der Waals surface area contributed by atoms with Gasteiger partial charge in [-0.15, -0.1) is 10.2 Å². The number of carbonyl (C=O) groups excluding carboxylic acids is 1. The van der Waals surface area contributed by atoms with Gasteiger partial charge in [0, 0.05) is 0 Å². The number of thiazole rings is 1. The second kappa shape index (κ2) is 7.22. The first-order valence-corrected chi connectivity index (χ1v) is 8.32. The summed E-state index contributed by atoms with van der Waals surface area (Å²) in [6.07, 6.45) is 0. The number of esters is 1. The lowest BCUT2D eigenvalue weighted by molar-refractivity contribution is 0.0518. The number of nitrogens with one attached hydrogen (secondary N) is 1. The van der Waals surface area contributed by atoms with E-state index >= 15 is 0 Å². The Balaban J connectivity index is 1.75. The van der Waals surface area contributed by atoms with E-state index in [0.717, 1.165) is 16.0 Å². The Morgan fingerprint density at radius 1 is 1.17 bits per heavy atom. The average Bonchev–Trinajstić information content (AvgIpc) is 2.97. The van der Waals surface area contributed by atoms with Crippen LogP contribution in [0.2, 0.25) is 0 Å². The van der Waals surface area contributed by atoms with Crippen molar-refractivity contribution in [1.29, 1.82) is 0 Å². The molecule has 0 radical (unpaired) electrons. The van der Waals surface area contributed by atoms with Crippen molar-refractivity contribution < 1.29 is 14.3 Å². The predicted octanol–water partition coefficient (Wildman–Crippen LogP) is 3.41. The van der Waals surface area contributed by atoms with Gasteiger partial charge in [0.05, 0.1) is 23.4 Å². The van der Waals surface area contributed by atoms with Crippen LogP contribution in [0, 0.1) is 0 Å². The Morgan fingerprint density at radius 3 is 2.75 bits per heavy atom. The molecule has 3 aromatic rings. The molecule has 0 atom stereocenters. The highest BCUT2D eigenvalue weighted by molar-refractivity contribution is 7.22. The summed E-state index contributed by atoms with van der Waals surface area (Å²) >= 11 is 1.49. The molecule has 1 aromatic carbocycles. The Morgan fingerprint density at radius 2 is 2.04 bits per heavy atom. The van der Waals surface area contributed by atoms with Crippen LogP contribution in [0.3, 0.4) is 0 Å². The number of ether oxygens (including phenoxy) is 2. The zero-order valence-electron chi connectivity index (χ0n) is 13.3. The molecule has 2 heterocycles. The summed E-state index contributed by atoms with van der Waals surface area (Å²) in [4.78, 5) is 16.0. The van der Waals surface area contributed by atoms with Crippen molar-refractivity contribution >= 4 is 38.5 Å². The lowest BCUT2D eigenvalue weighted by Gasteiger charge is -2.02. The summed E-state index contributed by atoms with van der Waals surface area (Å²) in [5.41, 5.74) is 1.05. The molecule has 2 aromatic heterocycles. The normalized spacial score (nSPS) is 10.6. The van der Waals surface area contributed by atoms with E-state index < -0.39 is 5.97 Å². The fourth-order valence-electron chi connectivity index (χ4n) is 2.04. The summed E-state index contributed by atoms with van der Waals surface area (Å²) in [5, 5.41) is 11.6. The first kappa shape index (κ1) is 16.1.